The van der Waals surface area contributed by atoms with Crippen molar-refractivity contribution in [2.24, 2.45) is 0 Å². The van der Waals surface area contributed by atoms with Crippen LogP contribution < -0.4 is 5.32 Å². The van der Waals surface area contributed by atoms with E-state index in [1.807, 2.05) is 25.1 Å². The van der Waals surface area contributed by atoms with Gasteiger partial charge < -0.3 is 9.73 Å². The summed E-state index contributed by atoms with van der Waals surface area (Å²) >= 11 is 9.50. The van der Waals surface area contributed by atoms with E-state index in [0.717, 1.165) is 11.1 Å². The number of nitrogens with one attached hydrogen (secondary N) is 1. The molecule has 1 heterocycles. The minimum Gasteiger partial charge on any atom is -0.436 e. The number of halogens is 2. The van der Waals surface area contributed by atoms with Crippen LogP contribution in [0.1, 0.15) is 15.9 Å². The van der Waals surface area contributed by atoms with E-state index in [0.29, 0.717) is 32.2 Å². The lowest BCUT2D eigenvalue weighted by Crippen LogP contribution is -2.13. The Balaban J connectivity index is 1.67. The first kappa shape index (κ1) is 20.1. The number of nitro groups is 1. The summed E-state index contributed by atoms with van der Waals surface area (Å²) in [5.41, 5.74) is 3.31. The van der Waals surface area contributed by atoms with Crippen LogP contribution in [0.4, 0.5) is 11.4 Å². The van der Waals surface area contributed by atoms with Crippen LogP contribution in [-0.2, 0) is 0 Å². The number of non-ortho nitro benzene ring substituents is 1. The fraction of sp³-hybridized carbons (Fsp3) is 0.0476. The maximum atomic E-state index is 12.7. The third-order valence-electron chi connectivity index (χ3n) is 4.41. The maximum absolute atomic E-state index is 12.7. The van der Waals surface area contributed by atoms with Crippen LogP contribution in [0, 0.1) is 17.0 Å². The molecule has 0 aliphatic heterocycles. The predicted octanol–water partition coefficient (Wildman–Crippen LogP) is 6.38. The number of carbonyl (C=O) groups is 1. The third-order valence-corrected chi connectivity index (χ3v) is 5.43. The lowest BCUT2D eigenvalue weighted by molar-refractivity contribution is -0.384. The van der Waals surface area contributed by atoms with Crippen molar-refractivity contribution in [2.75, 3.05) is 5.32 Å². The number of nitrogens with zero attached hydrogens (tertiary/aromatic N) is 2. The molecule has 9 heteroatoms. The fourth-order valence-corrected chi connectivity index (χ4v) is 3.49. The first-order chi connectivity index (χ1) is 14.3. The van der Waals surface area contributed by atoms with Crippen molar-refractivity contribution in [3.63, 3.8) is 0 Å². The number of aryl methyl sites for hydroxylation is 1. The van der Waals surface area contributed by atoms with E-state index < -0.39 is 10.8 Å². The molecule has 0 aliphatic rings. The highest BCUT2D eigenvalue weighted by Crippen LogP contribution is 2.32. The zero-order chi connectivity index (χ0) is 21.4. The first-order valence-electron chi connectivity index (χ1n) is 8.74. The zero-order valence-corrected chi connectivity index (χ0v) is 17.8. The highest BCUT2D eigenvalue weighted by atomic mass is 79.9. The minimum atomic E-state index is -0.564. The van der Waals surface area contributed by atoms with E-state index >= 15 is 0 Å². The molecule has 0 saturated heterocycles. The van der Waals surface area contributed by atoms with Gasteiger partial charge in [0.15, 0.2) is 5.58 Å². The zero-order valence-electron chi connectivity index (χ0n) is 15.5. The van der Waals surface area contributed by atoms with Crippen LogP contribution in [0.15, 0.2) is 63.5 Å². The van der Waals surface area contributed by atoms with E-state index in [4.69, 9.17) is 16.0 Å². The number of anilines is 1. The summed E-state index contributed by atoms with van der Waals surface area (Å²) in [5, 5.41) is 14.0. The van der Waals surface area contributed by atoms with Crippen molar-refractivity contribution in [1.82, 2.24) is 4.98 Å². The van der Waals surface area contributed by atoms with E-state index in [2.05, 4.69) is 26.2 Å². The molecule has 3 aromatic carbocycles. The van der Waals surface area contributed by atoms with E-state index in [-0.39, 0.29) is 11.3 Å². The summed E-state index contributed by atoms with van der Waals surface area (Å²) in [6, 6.07) is 14.7. The Morgan fingerprint density at radius 2 is 1.97 bits per heavy atom. The molecular weight excluding hydrogens is 474 g/mol. The normalized spacial score (nSPS) is 10.9. The molecule has 1 amide bonds. The standard InChI is InChI=1S/C21H13BrClN3O4/c1-11-2-7-17-19(8-11)30-21(25-17)12-3-6-16(23)18(9-12)24-20(27)14-10-13(26(28)29)4-5-15(14)22/h2-10H,1H3,(H,24,27). The Morgan fingerprint density at radius 3 is 2.73 bits per heavy atom. The molecule has 0 spiro atoms. The highest BCUT2D eigenvalue weighted by molar-refractivity contribution is 9.10. The number of hydrogen-bond donors (Lipinski definition) is 1. The number of aromatic nitrogens is 1. The average molecular weight is 487 g/mol. The monoisotopic (exact) mass is 485 g/mol. The molecule has 7 nitrogen and oxygen atoms in total. The number of carbonyl (C=O) groups excluding carboxylic acids is 1. The van der Waals surface area contributed by atoms with E-state index in [1.54, 1.807) is 18.2 Å². The SMILES string of the molecule is Cc1ccc2nc(-c3ccc(Cl)c(NC(=O)c4cc([N+](=O)[O-])ccc4Br)c3)oc2c1. The van der Waals surface area contributed by atoms with E-state index in [9.17, 15) is 14.9 Å². The molecule has 0 saturated carbocycles. The lowest BCUT2D eigenvalue weighted by atomic mass is 10.1. The van der Waals surface area contributed by atoms with Crippen LogP contribution in [0.3, 0.4) is 0 Å². The van der Waals surface area contributed by atoms with Crippen molar-refractivity contribution in [3.05, 3.63) is 85.3 Å². The Bertz CT molecular complexity index is 1320. The smallest absolute Gasteiger partial charge is 0.270 e. The van der Waals surface area contributed by atoms with Crippen LogP contribution in [0.25, 0.3) is 22.6 Å². The second-order valence-corrected chi connectivity index (χ2v) is 7.82. The minimum absolute atomic E-state index is 0.114. The number of hydrogen-bond acceptors (Lipinski definition) is 5. The van der Waals surface area contributed by atoms with Gasteiger partial charge in [-0.3, -0.25) is 14.9 Å². The predicted molar refractivity (Wildman–Crippen MR) is 118 cm³/mol. The van der Waals surface area contributed by atoms with Crippen molar-refractivity contribution >= 4 is 55.9 Å². The second-order valence-electron chi connectivity index (χ2n) is 6.56. The van der Waals surface area contributed by atoms with Crippen molar-refractivity contribution < 1.29 is 14.1 Å². The molecule has 0 fully saturated rings. The number of amides is 1. The Hall–Kier alpha value is -3.23. The topological polar surface area (TPSA) is 98.3 Å². The number of benzene rings is 3. The number of fused-ring (bicyclic) bond motifs is 1. The third kappa shape index (κ3) is 3.92. The average Bonchev–Trinajstić information content (AvgIpc) is 3.12. The molecule has 30 heavy (non-hydrogen) atoms. The summed E-state index contributed by atoms with van der Waals surface area (Å²) in [6.45, 7) is 1.96. The van der Waals surface area contributed by atoms with E-state index in [1.165, 1.54) is 18.2 Å². The largest absolute Gasteiger partial charge is 0.436 e. The molecule has 1 N–H and O–H groups in total. The Morgan fingerprint density at radius 1 is 1.17 bits per heavy atom. The summed E-state index contributed by atoms with van der Waals surface area (Å²) in [7, 11) is 0. The maximum Gasteiger partial charge on any atom is 0.270 e. The molecule has 1 aromatic heterocycles. The van der Waals surface area contributed by atoms with Gasteiger partial charge in [-0.1, -0.05) is 17.7 Å². The summed E-state index contributed by atoms with van der Waals surface area (Å²) in [4.78, 5) is 27.7. The van der Waals surface area contributed by atoms with Crippen LogP contribution >= 0.6 is 27.5 Å². The summed E-state index contributed by atoms with van der Waals surface area (Å²) in [6.07, 6.45) is 0. The molecule has 0 unspecified atom stereocenters. The molecule has 0 radical (unpaired) electrons. The first-order valence-corrected chi connectivity index (χ1v) is 9.91. The number of oxazole rings is 1. The summed E-state index contributed by atoms with van der Waals surface area (Å²) < 4.78 is 6.25. The van der Waals surface area contributed by atoms with Gasteiger partial charge in [0.1, 0.15) is 5.52 Å². The van der Waals surface area contributed by atoms with Crippen molar-refractivity contribution in [3.8, 4) is 11.5 Å². The van der Waals surface area contributed by atoms with Gasteiger partial charge in [0, 0.05) is 22.2 Å². The Labute approximate surface area is 184 Å². The molecule has 150 valence electrons. The second kappa shape index (κ2) is 7.89. The van der Waals surface area contributed by atoms with Gasteiger partial charge in [-0.15, -0.1) is 0 Å². The summed E-state index contributed by atoms with van der Waals surface area (Å²) in [5.74, 6) is -0.155. The molecule has 0 bridgehead atoms. The quantitative estimate of drug-likeness (QED) is 0.266. The molecule has 4 rings (SSSR count). The van der Waals surface area contributed by atoms with Crippen LogP contribution in [0.5, 0.6) is 0 Å². The van der Waals surface area contributed by atoms with Crippen molar-refractivity contribution in [2.45, 2.75) is 6.92 Å². The van der Waals surface area contributed by atoms with Crippen LogP contribution in [0.2, 0.25) is 5.02 Å². The van der Waals surface area contributed by atoms with Gasteiger partial charge in [0.05, 0.1) is 21.2 Å². The van der Waals surface area contributed by atoms with Gasteiger partial charge in [-0.2, -0.15) is 0 Å². The number of rotatable bonds is 4. The number of nitro benzene ring substituents is 1. The molecular formula is C21H13BrClN3O4. The highest BCUT2D eigenvalue weighted by Gasteiger charge is 2.18. The Kier molecular flexibility index (Phi) is 5.27. The van der Waals surface area contributed by atoms with Gasteiger partial charge in [0.2, 0.25) is 5.89 Å². The van der Waals surface area contributed by atoms with Gasteiger partial charge in [0.25, 0.3) is 11.6 Å². The molecule has 0 aliphatic carbocycles. The van der Waals surface area contributed by atoms with Gasteiger partial charge in [-0.05, 0) is 64.8 Å². The van der Waals surface area contributed by atoms with Gasteiger partial charge in [-0.25, -0.2) is 4.98 Å². The molecule has 0 atom stereocenters. The fourth-order valence-electron chi connectivity index (χ4n) is 2.90. The van der Waals surface area contributed by atoms with Gasteiger partial charge >= 0.3 is 0 Å². The molecule has 4 aromatic rings. The van der Waals surface area contributed by atoms with Crippen molar-refractivity contribution in [1.29, 1.82) is 0 Å². The lowest BCUT2D eigenvalue weighted by Gasteiger charge is -2.09. The van der Waals surface area contributed by atoms with Crippen LogP contribution in [-0.4, -0.2) is 15.8 Å².